The zero-order valence-corrected chi connectivity index (χ0v) is 28.6. The first-order chi connectivity index (χ1) is 23.5. The maximum atomic E-state index is 13.3. The third-order valence-corrected chi connectivity index (χ3v) is 11.1. The van der Waals surface area contributed by atoms with Crippen molar-refractivity contribution < 1.29 is 17.9 Å². The molecule has 0 atom stereocenters. The quantitative estimate of drug-likeness (QED) is 0.154. The lowest BCUT2D eigenvalue weighted by atomic mass is 10.1. The summed E-state index contributed by atoms with van der Waals surface area (Å²) in [4.78, 5) is 6.38. The number of thiazole rings is 2. The summed E-state index contributed by atoms with van der Waals surface area (Å²) in [6.45, 7) is 1.55. The summed E-state index contributed by atoms with van der Waals surface area (Å²) in [5, 5.41) is 7.14. The van der Waals surface area contributed by atoms with E-state index in [1.807, 2.05) is 72.1 Å². The molecule has 4 aromatic carbocycles. The second kappa shape index (κ2) is 14.2. The van der Waals surface area contributed by atoms with Crippen LogP contribution in [-0.2, 0) is 16.4 Å². The van der Waals surface area contributed by atoms with Crippen molar-refractivity contribution in [2.24, 2.45) is 14.5 Å². The maximum Gasteiger partial charge on any atom is 0.285 e. The van der Waals surface area contributed by atoms with Gasteiger partial charge in [-0.3, -0.25) is 9.56 Å². The highest BCUT2D eigenvalue weighted by atomic mass is 35.5. The fourth-order valence-corrected chi connectivity index (χ4v) is 8.38. The van der Waals surface area contributed by atoms with E-state index in [2.05, 4.69) is 16.5 Å². The van der Waals surface area contributed by atoms with Crippen LogP contribution >= 0.6 is 34.3 Å². The molecule has 13 heteroatoms. The molecule has 3 heterocycles. The molecule has 0 unspecified atom stereocenters. The number of hydrogen-bond acceptors (Lipinski definition) is 8. The Morgan fingerprint density at radius 2 is 1.52 bits per heavy atom. The minimum atomic E-state index is -4.02. The van der Waals surface area contributed by atoms with Crippen LogP contribution in [-0.4, -0.2) is 43.6 Å². The minimum Gasteiger partial charge on any atom is -0.486 e. The second-order valence-corrected chi connectivity index (χ2v) is 14.3. The third kappa shape index (κ3) is 6.92. The smallest absolute Gasteiger partial charge is 0.285 e. The molecular formula is C35H28ClN5O4S3. The van der Waals surface area contributed by atoms with E-state index in [1.54, 1.807) is 33.7 Å². The molecule has 0 N–H and O–H groups in total. The molecule has 1 aliphatic rings. The molecule has 0 fully saturated rings. The van der Waals surface area contributed by atoms with Gasteiger partial charge in [0, 0.05) is 23.2 Å². The van der Waals surface area contributed by atoms with E-state index in [0.717, 1.165) is 29.0 Å². The summed E-state index contributed by atoms with van der Waals surface area (Å²) in [6, 6.07) is 33.3. The van der Waals surface area contributed by atoms with Gasteiger partial charge in [0.05, 0.1) is 21.7 Å². The van der Waals surface area contributed by atoms with Crippen LogP contribution in [0.25, 0.3) is 16.9 Å². The number of hydrogen-bond donors (Lipinski definition) is 0. The molecule has 7 rings (SSSR count). The summed E-state index contributed by atoms with van der Waals surface area (Å²) in [5.41, 5.74) is 3.53. The number of sulfonamides is 1. The minimum absolute atomic E-state index is 0.0870. The molecule has 48 heavy (non-hydrogen) atoms. The van der Waals surface area contributed by atoms with Crippen molar-refractivity contribution in [2.75, 3.05) is 19.8 Å². The first kappa shape index (κ1) is 31.8. The molecule has 0 radical (unpaired) electrons. The Labute approximate surface area is 290 Å². The fourth-order valence-electron chi connectivity index (χ4n) is 5.02. The van der Waals surface area contributed by atoms with Crippen molar-refractivity contribution in [1.29, 1.82) is 0 Å². The number of fused-ring (bicyclic) bond motifs is 1. The van der Waals surface area contributed by atoms with Gasteiger partial charge in [0.1, 0.15) is 18.4 Å². The number of aromatic nitrogens is 2. The Morgan fingerprint density at radius 3 is 2.27 bits per heavy atom. The van der Waals surface area contributed by atoms with E-state index in [0.29, 0.717) is 46.6 Å². The number of ether oxygens (including phenoxy) is 2. The monoisotopic (exact) mass is 713 g/mol. The van der Waals surface area contributed by atoms with Gasteiger partial charge in [0.2, 0.25) is 9.60 Å². The van der Waals surface area contributed by atoms with E-state index < -0.39 is 10.0 Å². The lowest BCUT2D eigenvalue weighted by Crippen LogP contribution is -2.16. The van der Waals surface area contributed by atoms with Crippen molar-refractivity contribution in [3.63, 3.8) is 0 Å². The number of benzene rings is 4. The van der Waals surface area contributed by atoms with Crippen molar-refractivity contribution in [1.82, 2.24) is 9.24 Å². The molecule has 6 aromatic rings. The van der Waals surface area contributed by atoms with E-state index in [9.17, 15) is 8.42 Å². The van der Waals surface area contributed by atoms with Crippen molar-refractivity contribution in [3.8, 4) is 28.4 Å². The first-order valence-electron chi connectivity index (χ1n) is 15.0. The number of rotatable bonds is 9. The molecule has 0 spiro atoms. The van der Waals surface area contributed by atoms with Crippen LogP contribution in [0, 0.1) is 0 Å². The van der Waals surface area contributed by atoms with Gasteiger partial charge >= 0.3 is 0 Å². The Kier molecular flexibility index (Phi) is 9.39. The van der Waals surface area contributed by atoms with Crippen molar-refractivity contribution >= 4 is 50.5 Å². The lowest BCUT2D eigenvalue weighted by Gasteiger charge is -2.18. The molecular weight excluding hydrogens is 686 g/mol. The number of para-hydroxylation sites is 1. The number of nitrogens with zero attached hydrogens (tertiary/aromatic N) is 5. The first-order valence-corrected chi connectivity index (χ1v) is 18.5. The zero-order chi connectivity index (χ0) is 32.9. The SMILES string of the molecule is O=S(=O)(/N=c1\sc(/C=N/n2c(-c3ccc4c(c3)OCCO4)csc2=NCCc2ccccc2)c(Cl)n1-c1ccccc1)c1ccccc1. The highest BCUT2D eigenvalue weighted by Gasteiger charge is 2.19. The molecule has 0 saturated heterocycles. The van der Waals surface area contributed by atoms with Gasteiger partial charge in [-0.2, -0.15) is 13.5 Å². The normalized spacial score (nSPS) is 13.8. The van der Waals surface area contributed by atoms with E-state index >= 15 is 0 Å². The molecule has 2 aromatic heterocycles. The largest absolute Gasteiger partial charge is 0.486 e. The molecule has 0 amide bonds. The van der Waals surface area contributed by atoms with Gasteiger partial charge in [-0.1, -0.05) is 89.7 Å². The van der Waals surface area contributed by atoms with Crippen LogP contribution in [0.3, 0.4) is 0 Å². The topological polar surface area (TPSA) is 99.5 Å². The molecule has 242 valence electrons. The van der Waals surface area contributed by atoms with Crippen molar-refractivity contribution in [3.05, 3.63) is 140 Å². The molecule has 0 bridgehead atoms. The van der Waals surface area contributed by atoms with Crippen LogP contribution in [0.4, 0.5) is 0 Å². The van der Waals surface area contributed by atoms with Gasteiger partial charge in [-0.25, -0.2) is 4.68 Å². The predicted molar refractivity (Wildman–Crippen MR) is 190 cm³/mol. The standard InChI is InChI=1S/C35H28ClN5O4S3/c36-33-32(47-35(40(33)27-12-6-2-7-13-27)39-48(42,43)28-14-8-3-9-15-28)23-38-41-29(26-16-17-30-31(22-26)45-21-20-44-30)24-46-34(41)37-19-18-25-10-4-1-5-11-25/h1-17,22-24H,18-21H2/b37-34?,38-23+,39-35-. The summed E-state index contributed by atoms with van der Waals surface area (Å²) >= 11 is 9.57. The van der Waals surface area contributed by atoms with Crippen LogP contribution in [0.15, 0.2) is 134 Å². The summed E-state index contributed by atoms with van der Waals surface area (Å²) in [7, 11) is -4.02. The highest BCUT2D eigenvalue weighted by Crippen LogP contribution is 2.35. The second-order valence-electron chi connectivity index (χ2n) is 10.5. The average molecular weight is 714 g/mol. The average Bonchev–Trinajstić information content (AvgIpc) is 3.67. The summed E-state index contributed by atoms with van der Waals surface area (Å²) in [5.74, 6) is 1.36. The Balaban J connectivity index is 1.33. The zero-order valence-electron chi connectivity index (χ0n) is 25.3. The van der Waals surface area contributed by atoms with Gasteiger partial charge in [0.25, 0.3) is 10.0 Å². The van der Waals surface area contributed by atoms with Crippen LogP contribution in [0.2, 0.25) is 5.15 Å². The Hall–Kier alpha value is -4.75. The van der Waals surface area contributed by atoms with Crippen molar-refractivity contribution in [2.45, 2.75) is 11.3 Å². The van der Waals surface area contributed by atoms with Crippen LogP contribution in [0.5, 0.6) is 11.5 Å². The van der Waals surface area contributed by atoms with Gasteiger partial charge in [-0.15, -0.1) is 15.7 Å². The summed E-state index contributed by atoms with van der Waals surface area (Å²) in [6.07, 6.45) is 2.39. The van der Waals surface area contributed by atoms with E-state index in [-0.39, 0.29) is 14.8 Å². The van der Waals surface area contributed by atoms with Crippen LogP contribution < -0.4 is 19.1 Å². The summed E-state index contributed by atoms with van der Waals surface area (Å²) < 4.78 is 45.8. The third-order valence-electron chi connectivity index (χ3n) is 7.35. The van der Waals surface area contributed by atoms with Gasteiger partial charge in [0.15, 0.2) is 11.5 Å². The molecule has 1 aliphatic heterocycles. The molecule has 9 nitrogen and oxygen atoms in total. The maximum absolute atomic E-state index is 13.3. The predicted octanol–water partition coefficient (Wildman–Crippen LogP) is 6.81. The van der Waals surface area contributed by atoms with Gasteiger partial charge < -0.3 is 9.47 Å². The molecule has 0 aliphatic carbocycles. The van der Waals surface area contributed by atoms with Crippen LogP contribution in [0.1, 0.15) is 10.4 Å². The fraction of sp³-hybridized carbons (Fsp3) is 0.114. The highest BCUT2D eigenvalue weighted by molar-refractivity contribution is 7.90. The Morgan fingerprint density at radius 1 is 0.833 bits per heavy atom. The Bertz CT molecular complexity index is 2330. The lowest BCUT2D eigenvalue weighted by molar-refractivity contribution is 0.171. The molecule has 0 saturated carbocycles. The van der Waals surface area contributed by atoms with E-state index in [4.69, 9.17) is 31.2 Å². The van der Waals surface area contributed by atoms with Gasteiger partial charge in [-0.05, 0) is 54.4 Å². The van der Waals surface area contributed by atoms with E-state index in [1.165, 1.54) is 29.0 Å². The number of halogens is 1.